The van der Waals surface area contributed by atoms with Gasteiger partial charge in [-0.1, -0.05) is 17.7 Å². The van der Waals surface area contributed by atoms with E-state index in [0.717, 1.165) is 0 Å². The van der Waals surface area contributed by atoms with Crippen molar-refractivity contribution in [3.05, 3.63) is 35.0 Å². The molecule has 0 fully saturated rings. The average Bonchev–Trinajstić information content (AvgIpc) is 2.28. The van der Waals surface area contributed by atoms with Crippen LogP contribution in [0.5, 0.6) is 5.75 Å². The summed E-state index contributed by atoms with van der Waals surface area (Å²) in [7, 11) is 1.49. The van der Waals surface area contributed by atoms with Crippen LogP contribution in [0, 0.1) is 0 Å². The number of benzene rings is 1. The van der Waals surface area contributed by atoms with Crippen LogP contribution in [0.4, 0.5) is 0 Å². The number of methoxy groups -OCH3 is 1. The lowest BCUT2D eigenvalue weighted by Gasteiger charge is -2.06. The van der Waals surface area contributed by atoms with Gasteiger partial charge in [-0.25, -0.2) is 4.79 Å². The number of fused-ring (bicyclic) bond motifs is 1. The normalized spacial score (nSPS) is 10.4. The standard InChI is InChI=1S/C11H8ClNO3/c1-16-10-8(12)3-2-6-4-7(11(14)15)5-13-9(6)10/h2-5H,1H3,(H,14,15). The molecule has 0 aliphatic carbocycles. The summed E-state index contributed by atoms with van der Waals surface area (Å²) in [5.41, 5.74) is 0.692. The molecule has 0 atom stereocenters. The van der Waals surface area contributed by atoms with Gasteiger partial charge in [-0.3, -0.25) is 4.98 Å². The van der Waals surface area contributed by atoms with Gasteiger partial charge in [0.05, 0.1) is 17.7 Å². The minimum Gasteiger partial charge on any atom is -0.493 e. The summed E-state index contributed by atoms with van der Waals surface area (Å²) >= 11 is 5.92. The molecule has 2 rings (SSSR count). The first-order valence-corrected chi connectivity index (χ1v) is 4.87. The van der Waals surface area contributed by atoms with Gasteiger partial charge in [-0.15, -0.1) is 0 Å². The van der Waals surface area contributed by atoms with Gasteiger partial charge in [-0.05, 0) is 12.1 Å². The molecule has 4 nitrogen and oxygen atoms in total. The van der Waals surface area contributed by atoms with Gasteiger partial charge in [0.2, 0.25) is 0 Å². The largest absolute Gasteiger partial charge is 0.493 e. The van der Waals surface area contributed by atoms with E-state index in [-0.39, 0.29) is 5.56 Å². The zero-order chi connectivity index (χ0) is 11.7. The number of hydrogen-bond acceptors (Lipinski definition) is 3. The van der Waals surface area contributed by atoms with Crippen LogP contribution in [0.25, 0.3) is 10.9 Å². The summed E-state index contributed by atoms with van der Waals surface area (Å²) in [4.78, 5) is 14.8. The molecule has 1 N–H and O–H groups in total. The number of rotatable bonds is 2. The quantitative estimate of drug-likeness (QED) is 0.872. The van der Waals surface area contributed by atoms with Crippen LogP contribution in [0.2, 0.25) is 5.02 Å². The maximum absolute atomic E-state index is 10.8. The summed E-state index contributed by atoms with van der Waals surface area (Å²) in [5.74, 6) is -0.556. The summed E-state index contributed by atoms with van der Waals surface area (Å²) < 4.78 is 5.12. The van der Waals surface area contributed by atoms with Crippen LogP contribution in [0.15, 0.2) is 24.4 Å². The zero-order valence-corrected chi connectivity index (χ0v) is 9.15. The lowest BCUT2D eigenvalue weighted by molar-refractivity contribution is 0.0696. The molecule has 0 amide bonds. The van der Waals surface area contributed by atoms with Crippen molar-refractivity contribution in [2.75, 3.05) is 7.11 Å². The van der Waals surface area contributed by atoms with E-state index in [1.807, 2.05) is 0 Å². The first-order chi connectivity index (χ1) is 7.63. The highest BCUT2D eigenvalue weighted by molar-refractivity contribution is 6.33. The van der Waals surface area contributed by atoms with Crippen LogP contribution < -0.4 is 4.74 Å². The molecule has 0 bridgehead atoms. The number of carboxylic acid groups (broad SMARTS) is 1. The third kappa shape index (κ3) is 1.67. The fraction of sp³-hybridized carbons (Fsp3) is 0.0909. The molecule has 0 aliphatic heterocycles. The molecule has 5 heteroatoms. The SMILES string of the molecule is COc1c(Cl)ccc2cc(C(=O)O)cnc12. The van der Waals surface area contributed by atoms with Crippen LogP contribution in [0.1, 0.15) is 10.4 Å². The molecular formula is C11H8ClNO3. The molecule has 0 spiro atoms. The molecule has 82 valence electrons. The topological polar surface area (TPSA) is 59.4 Å². The Morgan fingerprint density at radius 2 is 2.25 bits per heavy atom. The Morgan fingerprint density at radius 3 is 2.88 bits per heavy atom. The van der Waals surface area contributed by atoms with Crippen molar-refractivity contribution >= 4 is 28.5 Å². The molecule has 0 saturated heterocycles. The van der Waals surface area contributed by atoms with E-state index in [1.54, 1.807) is 12.1 Å². The number of nitrogens with zero attached hydrogens (tertiary/aromatic N) is 1. The van der Waals surface area contributed by atoms with Gasteiger partial charge >= 0.3 is 5.97 Å². The molecular weight excluding hydrogens is 230 g/mol. The van der Waals surface area contributed by atoms with Gasteiger partial charge in [0.15, 0.2) is 5.75 Å². The third-order valence-corrected chi connectivity index (χ3v) is 2.51. The van der Waals surface area contributed by atoms with Crippen LogP contribution in [-0.4, -0.2) is 23.2 Å². The zero-order valence-electron chi connectivity index (χ0n) is 8.40. The predicted octanol–water partition coefficient (Wildman–Crippen LogP) is 2.59. The fourth-order valence-electron chi connectivity index (χ4n) is 1.46. The third-order valence-electron chi connectivity index (χ3n) is 2.21. The Hall–Kier alpha value is -1.81. The van der Waals surface area contributed by atoms with Crippen molar-refractivity contribution in [2.24, 2.45) is 0 Å². The lowest BCUT2D eigenvalue weighted by Crippen LogP contribution is -1.98. The average molecular weight is 238 g/mol. The van der Waals surface area contributed by atoms with E-state index < -0.39 is 5.97 Å². The van der Waals surface area contributed by atoms with E-state index in [1.165, 1.54) is 19.4 Å². The van der Waals surface area contributed by atoms with Crippen molar-refractivity contribution in [1.29, 1.82) is 0 Å². The summed E-state index contributed by atoms with van der Waals surface area (Å²) in [6.07, 6.45) is 1.28. The van der Waals surface area contributed by atoms with Crippen molar-refractivity contribution in [3.63, 3.8) is 0 Å². The van der Waals surface area contributed by atoms with Gasteiger partial charge in [0.25, 0.3) is 0 Å². The Bertz CT molecular complexity index is 568. The summed E-state index contributed by atoms with van der Waals surface area (Å²) in [5, 5.41) is 9.96. The van der Waals surface area contributed by atoms with Crippen molar-refractivity contribution in [3.8, 4) is 5.75 Å². The monoisotopic (exact) mass is 237 g/mol. The molecule has 0 unspecified atom stereocenters. The number of carboxylic acids is 1. The molecule has 0 aliphatic rings. The van der Waals surface area contributed by atoms with E-state index >= 15 is 0 Å². The second kappa shape index (κ2) is 3.98. The van der Waals surface area contributed by atoms with Gasteiger partial charge < -0.3 is 9.84 Å². The Morgan fingerprint density at radius 1 is 1.50 bits per heavy atom. The number of halogens is 1. The number of pyridine rings is 1. The Balaban J connectivity index is 2.73. The van der Waals surface area contributed by atoms with Crippen LogP contribution in [0.3, 0.4) is 0 Å². The molecule has 0 radical (unpaired) electrons. The second-order valence-electron chi connectivity index (χ2n) is 3.18. The smallest absolute Gasteiger partial charge is 0.337 e. The second-order valence-corrected chi connectivity index (χ2v) is 3.59. The minimum atomic E-state index is -1.01. The van der Waals surface area contributed by atoms with Gasteiger partial charge in [0.1, 0.15) is 5.52 Å². The number of hydrogen-bond donors (Lipinski definition) is 1. The fourth-order valence-corrected chi connectivity index (χ4v) is 1.69. The highest BCUT2D eigenvalue weighted by atomic mass is 35.5. The number of carbonyl (C=O) groups is 1. The molecule has 1 aromatic carbocycles. The molecule has 16 heavy (non-hydrogen) atoms. The maximum Gasteiger partial charge on any atom is 0.337 e. The Labute approximate surface area is 96.4 Å². The van der Waals surface area contributed by atoms with E-state index in [9.17, 15) is 4.79 Å². The highest BCUT2D eigenvalue weighted by Crippen LogP contribution is 2.31. The first kappa shape index (κ1) is 10.7. The molecule has 1 aromatic heterocycles. The first-order valence-electron chi connectivity index (χ1n) is 4.49. The highest BCUT2D eigenvalue weighted by Gasteiger charge is 2.10. The number of aromatic carboxylic acids is 1. The van der Waals surface area contributed by atoms with Crippen molar-refractivity contribution in [1.82, 2.24) is 4.98 Å². The summed E-state index contributed by atoms with van der Waals surface area (Å²) in [6.45, 7) is 0. The van der Waals surface area contributed by atoms with Crippen molar-refractivity contribution < 1.29 is 14.6 Å². The van der Waals surface area contributed by atoms with Crippen LogP contribution in [-0.2, 0) is 0 Å². The molecule has 1 heterocycles. The van der Waals surface area contributed by atoms with E-state index in [0.29, 0.717) is 21.7 Å². The van der Waals surface area contributed by atoms with Crippen LogP contribution >= 0.6 is 11.6 Å². The molecule has 2 aromatic rings. The predicted molar refractivity (Wildman–Crippen MR) is 60.3 cm³/mol. The van der Waals surface area contributed by atoms with E-state index in [2.05, 4.69) is 4.98 Å². The lowest BCUT2D eigenvalue weighted by atomic mass is 10.1. The maximum atomic E-state index is 10.8. The van der Waals surface area contributed by atoms with Crippen molar-refractivity contribution in [2.45, 2.75) is 0 Å². The summed E-state index contributed by atoms with van der Waals surface area (Å²) in [6, 6.07) is 4.89. The Kier molecular flexibility index (Phi) is 2.66. The van der Waals surface area contributed by atoms with Gasteiger partial charge in [-0.2, -0.15) is 0 Å². The minimum absolute atomic E-state index is 0.136. The van der Waals surface area contributed by atoms with Gasteiger partial charge in [0, 0.05) is 11.6 Å². The number of aromatic nitrogens is 1. The molecule has 0 saturated carbocycles. The number of ether oxygens (including phenoxy) is 1. The van der Waals surface area contributed by atoms with E-state index in [4.69, 9.17) is 21.4 Å².